The van der Waals surface area contributed by atoms with E-state index in [4.69, 9.17) is 10.2 Å². The van der Waals surface area contributed by atoms with Crippen molar-refractivity contribution >= 4 is 5.82 Å². The Morgan fingerprint density at radius 3 is 2.81 bits per heavy atom. The van der Waals surface area contributed by atoms with Crippen molar-refractivity contribution < 1.29 is 4.42 Å². The molecule has 1 atom stereocenters. The van der Waals surface area contributed by atoms with Crippen molar-refractivity contribution in [3.8, 4) is 11.8 Å². The second-order valence-corrected chi connectivity index (χ2v) is 6.29. The lowest BCUT2D eigenvalue weighted by Gasteiger charge is -2.33. The third-order valence-corrected chi connectivity index (χ3v) is 4.31. The van der Waals surface area contributed by atoms with Crippen LogP contribution >= 0.6 is 0 Å². The average Bonchev–Trinajstić information content (AvgIpc) is 3.02. The number of hydrogen-bond acceptors (Lipinski definition) is 7. The van der Waals surface area contributed by atoms with Gasteiger partial charge in [-0.25, -0.2) is 4.79 Å². The van der Waals surface area contributed by atoms with E-state index in [9.17, 15) is 9.59 Å². The Balaban J connectivity index is 2.06. The zero-order valence-electron chi connectivity index (χ0n) is 14.9. The van der Waals surface area contributed by atoms with Gasteiger partial charge in [-0.3, -0.25) is 13.9 Å². The third kappa shape index (κ3) is 3.70. The third-order valence-electron chi connectivity index (χ3n) is 4.31. The minimum absolute atomic E-state index is 0.0216. The molecular weight excluding hydrogens is 336 g/mol. The van der Waals surface area contributed by atoms with E-state index >= 15 is 0 Å². The Morgan fingerprint density at radius 2 is 2.15 bits per heavy atom. The summed E-state index contributed by atoms with van der Waals surface area (Å²) in [6.07, 6.45) is 1.85. The summed E-state index contributed by atoms with van der Waals surface area (Å²) in [6, 6.07) is 1.48. The maximum Gasteiger partial charge on any atom is 0.333 e. The number of anilines is 1. The zero-order valence-corrected chi connectivity index (χ0v) is 14.9. The van der Waals surface area contributed by atoms with Gasteiger partial charge in [0, 0.05) is 32.1 Å². The molecule has 1 aliphatic heterocycles. The average molecular weight is 358 g/mol. The molecule has 0 spiro atoms. The van der Waals surface area contributed by atoms with Gasteiger partial charge in [-0.05, 0) is 19.8 Å². The van der Waals surface area contributed by atoms with E-state index in [2.05, 4.69) is 22.0 Å². The topological polar surface area (TPSA) is 112 Å². The molecule has 0 aromatic carbocycles. The van der Waals surface area contributed by atoms with Crippen LogP contribution in [0.15, 0.2) is 20.1 Å². The molecule has 0 aliphatic carbocycles. The van der Waals surface area contributed by atoms with Gasteiger partial charge in [0.05, 0.1) is 6.54 Å². The Kier molecular flexibility index (Phi) is 5.23. The van der Waals surface area contributed by atoms with Crippen molar-refractivity contribution in [2.75, 3.05) is 18.0 Å². The molecule has 2 aromatic rings. The zero-order chi connectivity index (χ0) is 18.7. The summed E-state index contributed by atoms with van der Waals surface area (Å²) in [5.41, 5.74) is 5.19. The molecule has 2 aromatic heterocycles. The summed E-state index contributed by atoms with van der Waals surface area (Å²) in [6.45, 7) is 4.83. The molecule has 1 saturated heterocycles. The number of aryl methyl sites for hydroxylation is 1. The summed E-state index contributed by atoms with van der Waals surface area (Å²) in [4.78, 5) is 27.5. The molecule has 0 amide bonds. The molecule has 0 unspecified atom stereocenters. The first-order valence-corrected chi connectivity index (χ1v) is 8.53. The van der Waals surface area contributed by atoms with E-state index in [-0.39, 0.29) is 25.0 Å². The fraction of sp³-hybridized carbons (Fsp3) is 0.529. The van der Waals surface area contributed by atoms with E-state index in [1.54, 1.807) is 13.8 Å². The van der Waals surface area contributed by atoms with E-state index in [1.165, 1.54) is 10.6 Å². The van der Waals surface area contributed by atoms with Crippen LogP contribution in [0.4, 0.5) is 5.82 Å². The van der Waals surface area contributed by atoms with Gasteiger partial charge in [0.1, 0.15) is 12.4 Å². The Morgan fingerprint density at radius 1 is 1.35 bits per heavy atom. The van der Waals surface area contributed by atoms with Gasteiger partial charge in [0.25, 0.3) is 5.56 Å². The lowest BCUT2D eigenvalue weighted by Crippen LogP contribution is -2.48. The van der Waals surface area contributed by atoms with Crippen molar-refractivity contribution in [2.24, 2.45) is 5.73 Å². The highest BCUT2D eigenvalue weighted by molar-refractivity contribution is 5.40. The van der Waals surface area contributed by atoms with E-state index < -0.39 is 11.2 Å². The van der Waals surface area contributed by atoms with Gasteiger partial charge in [-0.15, -0.1) is 16.1 Å². The summed E-state index contributed by atoms with van der Waals surface area (Å²) in [5, 5.41) is 7.59. The van der Waals surface area contributed by atoms with Crippen LogP contribution in [0.3, 0.4) is 0 Å². The van der Waals surface area contributed by atoms with Crippen LogP contribution in [0.5, 0.6) is 0 Å². The number of piperidine rings is 1. The SMILES string of the molecule is CC#CCn1c(N2CCC[C@@H](N)C2)cc(=O)n(Cc2nnc(C)o2)c1=O. The van der Waals surface area contributed by atoms with Crippen molar-refractivity contribution in [2.45, 2.75) is 45.8 Å². The standard InChI is InChI=1S/C17H22N6O3/c1-3-4-8-22-15(21-7-5-6-13(18)10-21)9-16(24)23(17(22)25)11-14-20-19-12(2)26-14/h9,13H,5-8,10-11,18H2,1-2H3/t13-/m1/s1. The van der Waals surface area contributed by atoms with Gasteiger partial charge in [0.2, 0.25) is 11.8 Å². The molecular formula is C17H22N6O3. The molecule has 9 heteroatoms. The molecule has 3 heterocycles. The summed E-state index contributed by atoms with van der Waals surface area (Å²) >= 11 is 0. The predicted octanol–water partition coefficient (Wildman–Crippen LogP) is -0.299. The predicted molar refractivity (Wildman–Crippen MR) is 96.0 cm³/mol. The first kappa shape index (κ1) is 17.9. The van der Waals surface area contributed by atoms with Crippen LogP contribution < -0.4 is 21.9 Å². The minimum atomic E-state index is -0.453. The van der Waals surface area contributed by atoms with Crippen LogP contribution in [0.2, 0.25) is 0 Å². The second kappa shape index (κ2) is 7.58. The molecule has 138 valence electrons. The first-order chi connectivity index (χ1) is 12.5. The fourth-order valence-corrected chi connectivity index (χ4v) is 3.07. The molecule has 2 N–H and O–H groups in total. The number of nitrogens with zero attached hydrogens (tertiary/aromatic N) is 5. The number of hydrogen-bond donors (Lipinski definition) is 1. The van der Waals surface area contributed by atoms with Crippen LogP contribution in [0.1, 0.15) is 31.5 Å². The lowest BCUT2D eigenvalue weighted by atomic mass is 10.1. The molecule has 3 rings (SSSR count). The van der Waals surface area contributed by atoms with Gasteiger partial charge in [-0.1, -0.05) is 5.92 Å². The van der Waals surface area contributed by atoms with Crippen molar-refractivity contribution in [3.63, 3.8) is 0 Å². The van der Waals surface area contributed by atoms with Gasteiger partial charge < -0.3 is 15.1 Å². The Labute approximate surface area is 150 Å². The Hall–Kier alpha value is -2.86. The number of nitrogens with two attached hydrogens (primary N) is 1. The lowest BCUT2D eigenvalue weighted by molar-refractivity contribution is 0.441. The van der Waals surface area contributed by atoms with Gasteiger partial charge >= 0.3 is 5.69 Å². The van der Waals surface area contributed by atoms with Crippen LogP contribution in [0, 0.1) is 18.8 Å². The fourth-order valence-electron chi connectivity index (χ4n) is 3.07. The number of aromatic nitrogens is 4. The largest absolute Gasteiger partial charge is 0.424 e. The molecule has 1 aliphatic rings. The van der Waals surface area contributed by atoms with E-state index in [0.29, 0.717) is 18.3 Å². The monoisotopic (exact) mass is 358 g/mol. The first-order valence-electron chi connectivity index (χ1n) is 8.53. The molecule has 9 nitrogen and oxygen atoms in total. The summed E-state index contributed by atoms with van der Waals surface area (Å²) in [5.74, 6) is 6.83. The van der Waals surface area contributed by atoms with Crippen LogP contribution in [0.25, 0.3) is 0 Å². The molecule has 0 saturated carbocycles. The number of rotatable bonds is 4. The van der Waals surface area contributed by atoms with Crippen molar-refractivity contribution in [1.29, 1.82) is 0 Å². The van der Waals surface area contributed by atoms with Gasteiger partial charge in [0.15, 0.2) is 0 Å². The van der Waals surface area contributed by atoms with Gasteiger partial charge in [-0.2, -0.15) is 0 Å². The smallest absolute Gasteiger partial charge is 0.333 e. The van der Waals surface area contributed by atoms with Crippen LogP contribution in [-0.2, 0) is 13.1 Å². The molecule has 1 fully saturated rings. The quantitative estimate of drug-likeness (QED) is 0.747. The normalized spacial score (nSPS) is 17.0. The van der Waals surface area contributed by atoms with E-state index in [0.717, 1.165) is 24.0 Å². The summed E-state index contributed by atoms with van der Waals surface area (Å²) in [7, 11) is 0. The highest BCUT2D eigenvalue weighted by Gasteiger charge is 2.22. The highest BCUT2D eigenvalue weighted by atomic mass is 16.4. The summed E-state index contributed by atoms with van der Waals surface area (Å²) < 4.78 is 7.87. The van der Waals surface area contributed by atoms with Crippen molar-refractivity contribution in [3.05, 3.63) is 38.7 Å². The second-order valence-electron chi connectivity index (χ2n) is 6.29. The molecule has 0 radical (unpaired) electrons. The molecule has 0 bridgehead atoms. The highest BCUT2D eigenvalue weighted by Crippen LogP contribution is 2.17. The minimum Gasteiger partial charge on any atom is -0.424 e. The Bertz CT molecular complexity index is 961. The maximum atomic E-state index is 13.0. The van der Waals surface area contributed by atoms with Crippen LogP contribution in [-0.4, -0.2) is 38.5 Å². The maximum absolute atomic E-state index is 13.0. The molecule has 26 heavy (non-hydrogen) atoms. The van der Waals surface area contributed by atoms with E-state index in [1.807, 2.05) is 4.90 Å². The van der Waals surface area contributed by atoms with Crippen molar-refractivity contribution in [1.82, 2.24) is 19.3 Å².